The van der Waals surface area contributed by atoms with Crippen molar-refractivity contribution in [3.05, 3.63) is 212 Å². The maximum absolute atomic E-state index is 6.47. The number of aromatic amines is 1. The summed E-state index contributed by atoms with van der Waals surface area (Å²) in [5.74, 6) is 1.05. The van der Waals surface area contributed by atoms with Crippen LogP contribution in [0.1, 0.15) is 0 Å². The van der Waals surface area contributed by atoms with E-state index in [1.54, 1.807) is 0 Å². The third-order valence-electron chi connectivity index (χ3n) is 12.7. The summed E-state index contributed by atoms with van der Waals surface area (Å²) in [6, 6.07) is 75.0. The van der Waals surface area contributed by atoms with Crippen molar-refractivity contribution in [2.24, 2.45) is 0 Å². The molecule has 10 aromatic carbocycles. The quantitative estimate of drug-likeness (QED) is 0.181. The molecule has 0 saturated heterocycles. The molecule has 0 radical (unpaired) electrons. The second kappa shape index (κ2) is 15.0. The first-order valence-corrected chi connectivity index (χ1v) is 22.7. The normalized spacial score (nSPS) is 11.6. The van der Waals surface area contributed by atoms with Crippen LogP contribution in [0.15, 0.2) is 194 Å². The summed E-state index contributed by atoms with van der Waals surface area (Å²) in [6.45, 7) is 0. The van der Waals surface area contributed by atoms with Crippen LogP contribution in [0.25, 0.3) is 131 Å². The van der Waals surface area contributed by atoms with Gasteiger partial charge in [0, 0.05) is 58.6 Å². The molecule has 0 unspecified atom stereocenters. The van der Waals surface area contributed by atoms with Crippen LogP contribution in [0.3, 0.4) is 0 Å². The smallest absolute Gasteiger partial charge is 0.226 e. The first-order valence-electron chi connectivity index (χ1n) is 21.5. The van der Waals surface area contributed by atoms with E-state index in [0.29, 0.717) is 11.6 Å². The lowest BCUT2D eigenvalue weighted by atomic mass is 9.94. The number of nitrogens with one attached hydrogen (secondary N) is 1. The minimum absolute atomic E-state index is 0.153. The lowest BCUT2D eigenvalue weighted by Gasteiger charge is -2.10. The van der Waals surface area contributed by atoms with Crippen LogP contribution < -0.4 is 0 Å². The second-order valence-corrected chi connectivity index (χ2v) is 17.8. The first-order chi connectivity index (χ1) is 32.1. The van der Waals surface area contributed by atoms with Gasteiger partial charge in [0.2, 0.25) is 5.28 Å². The number of nitrogens with zero attached hydrogens (tertiary/aromatic N) is 3. The van der Waals surface area contributed by atoms with E-state index < -0.39 is 0 Å². The maximum Gasteiger partial charge on any atom is 0.226 e. The highest BCUT2D eigenvalue weighted by molar-refractivity contribution is 7.26. The van der Waals surface area contributed by atoms with Crippen LogP contribution in [0, 0.1) is 12.1 Å². The van der Waals surface area contributed by atoms with E-state index in [0.717, 1.165) is 33.4 Å². The average molecular weight is 865 g/mol. The number of hydrogen-bond donors (Lipinski definition) is 1. The van der Waals surface area contributed by atoms with Crippen LogP contribution in [0.2, 0.25) is 5.28 Å². The zero-order valence-corrected chi connectivity index (χ0v) is 36.2. The van der Waals surface area contributed by atoms with Crippen molar-refractivity contribution in [1.29, 1.82) is 0 Å². The summed E-state index contributed by atoms with van der Waals surface area (Å²) in [7, 11) is 0. The molecule has 0 aliphatic heterocycles. The predicted molar refractivity (Wildman–Crippen MR) is 272 cm³/mol. The Morgan fingerprint density at radius 3 is 1.74 bits per heavy atom. The first kappa shape index (κ1) is 37.4. The van der Waals surface area contributed by atoms with E-state index in [9.17, 15) is 0 Å². The number of rotatable bonds is 6. The molecule has 302 valence electrons. The van der Waals surface area contributed by atoms with Crippen molar-refractivity contribution < 1.29 is 0 Å². The lowest BCUT2D eigenvalue weighted by molar-refractivity contribution is 1.07. The molecule has 0 saturated carbocycles. The molecule has 65 heavy (non-hydrogen) atoms. The van der Waals surface area contributed by atoms with Crippen molar-refractivity contribution in [3.8, 4) is 67.3 Å². The summed E-state index contributed by atoms with van der Waals surface area (Å²) in [4.78, 5) is 17.6. The molecule has 0 aliphatic carbocycles. The molecule has 1 N–H and O–H groups in total. The van der Waals surface area contributed by atoms with E-state index in [-0.39, 0.29) is 5.28 Å². The Labute approximate surface area is 383 Å². The lowest BCUT2D eigenvalue weighted by Crippen LogP contribution is -1.97. The van der Waals surface area contributed by atoms with Crippen LogP contribution in [0.4, 0.5) is 0 Å². The molecule has 0 atom stereocenters. The minimum Gasteiger partial charge on any atom is -0.353 e. The number of thiophene rings is 1. The number of H-pyrrole nitrogens is 1. The van der Waals surface area contributed by atoms with E-state index in [1.807, 2.05) is 65.9 Å². The molecule has 3 aromatic heterocycles. The monoisotopic (exact) mass is 864 g/mol. The summed E-state index contributed by atoms with van der Waals surface area (Å²) in [6.07, 6.45) is 0. The highest BCUT2D eigenvalue weighted by Crippen LogP contribution is 2.46. The highest BCUT2D eigenvalue weighted by Gasteiger charge is 2.18. The zero-order valence-electron chi connectivity index (χ0n) is 34.6. The standard InChI is InChI=1S/C59H33ClN4S/c60-59-63-57(41-25-19-36(20-26-41)35-9-2-1-3-10-35)62-58(64-59)42-27-21-38(22-28-42)37-17-23-40(24-18-37)51-33-43-12-5-6-13-45(43)53-50-32-30-44(34-52(50)65-56(51)53)47-15-8-16-48-49-31-29-39-11-4-7-14-46(39)54(49)61-55(47)48/h2,4-34,61H. The van der Waals surface area contributed by atoms with Crippen LogP contribution in [-0.4, -0.2) is 19.9 Å². The molecule has 13 aromatic rings. The van der Waals surface area contributed by atoms with E-state index in [2.05, 4.69) is 167 Å². The van der Waals surface area contributed by atoms with Gasteiger partial charge in [-0.25, -0.2) is 4.98 Å². The summed E-state index contributed by atoms with van der Waals surface area (Å²) < 4.78 is 2.57. The molecule has 0 bridgehead atoms. The summed E-state index contributed by atoms with van der Waals surface area (Å²) >= 11 is 8.35. The molecular formula is C59H33ClN4S. The summed E-state index contributed by atoms with van der Waals surface area (Å²) in [5.41, 5.74) is 13.3. The third-order valence-corrected chi connectivity index (χ3v) is 14.1. The molecule has 6 heteroatoms. The number of hydrogen-bond acceptors (Lipinski definition) is 4. The van der Waals surface area contributed by atoms with Gasteiger partial charge in [-0.15, -0.1) is 11.3 Å². The van der Waals surface area contributed by atoms with E-state index in [4.69, 9.17) is 16.6 Å². The number of para-hydroxylation sites is 1. The van der Waals surface area contributed by atoms with Gasteiger partial charge in [-0.05, 0) is 91.5 Å². The molecule has 0 amide bonds. The van der Waals surface area contributed by atoms with Gasteiger partial charge >= 0.3 is 0 Å². The molecular weight excluding hydrogens is 832 g/mol. The van der Waals surface area contributed by atoms with Crippen molar-refractivity contribution in [1.82, 2.24) is 19.9 Å². The van der Waals surface area contributed by atoms with Gasteiger partial charge in [0.15, 0.2) is 11.6 Å². The molecule has 13 rings (SSSR count). The highest BCUT2D eigenvalue weighted by atomic mass is 35.5. The zero-order chi connectivity index (χ0) is 43.0. The second-order valence-electron chi connectivity index (χ2n) is 16.4. The SMILES string of the molecule is Clc1nc(-c2ccc(-c3cc#ccc3)cc2)nc(-c2ccc(-c3ccc(-c4cc5ccccc5c5c4sc4cc(-c6cccc7c6[nH]c6c8ccccc8ccc76)ccc45)cc3)cc2)n1. The van der Waals surface area contributed by atoms with Gasteiger partial charge in [0.1, 0.15) is 0 Å². The topological polar surface area (TPSA) is 54.5 Å². The van der Waals surface area contributed by atoms with Crippen LogP contribution in [0.5, 0.6) is 0 Å². The minimum atomic E-state index is 0.153. The van der Waals surface area contributed by atoms with Gasteiger partial charge in [0.25, 0.3) is 0 Å². The maximum atomic E-state index is 6.47. The third kappa shape index (κ3) is 6.34. The molecule has 0 aliphatic rings. The number of benzene rings is 9. The van der Waals surface area contributed by atoms with Gasteiger partial charge in [-0.2, -0.15) is 9.97 Å². The van der Waals surface area contributed by atoms with E-state index in [1.165, 1.54) is 85.8 Å². The van der Waals surface area contributed by atoms with Crippen LogP contribution >= 0.6 is 22.9 Å². The Bertz CT molecular complexity index is 3990. The van der Waals surface area contributed by atoms with E-state index >= 15 is 0 Å². The molecule has 4 nitrogen and oxygen atoms in total. The Balaban J connectivity index is 0.834. The van der Waals surface area contributed by atoms with Gasteiger partial charge in [-0.1, -0.05) is 176 Å². The van der Waals surface area contributed by atoms with Gasteiger partial charge in [0.05, 0.1) is 11.0 Å². The Kier molecular flexibility index (Phi) is 8.64. The van der Waals surface area contributed by atoms with Crippen molar-refractivity contribution in [3.63, 3.8) is 0 Å². The predicted octanol–water partition coefficient (Wildman–Crippen LogP) is 16.4. The fourth-order valence-corrected chi connectivity index (χ4v) is 11.0. The Morgan fingerprint density at radius 2 is 1.02 bits per heavy atom. The fraction of sp³-hybridized carbons (Fsp3) is 0. The largest absolute Gasteiger partial charge is 0.353 e. The fourth-order valence-electron chi connectivity index (χ4n) is 9.52. The average Bonchev–Trinajstić information content (AvgIpc) is 3.96. The molecule has 0 spiro atoms. The van der Waals surface area contributed by atoms with Crippen LogP contribution in [-0.2, 0) is 0 Å². The van der Waals surface area contributed by atoms with Crippen molar-refractivity contribution in [2.45, 2.75) is 0 Å². The molecule has 3 heterocycles. The van der Waals surface area contributed by atoms with Gasteiger partial charge in [-0.3, -0.25) is 0 Å². The Morgan fingerprint density at radius 1 is 0.415 bits per heavy atom. The molecule has 0 fully saturated rings. The summed E-state index contributed by atoms with van der Waals surface area (Å²) in [5, 5.41) is 10.2. The number of halogens is 1. The Hall–Kier alpha value is -8.14. The van der Waals surface area contributed by atoms with Crippen molar-refractivity contribution >= 4 is 86.5 Å². The van der Waals surface area contributed by atoms with Crippen molar-refractivity contribution in [2.75, 3.05) is 0 Å². The van der Waals surface area contributed by atoms with Gasteiger partial charge < -0.3 is 4.98 Å². The number of fused-ring (bicyclic) bond motifs is 10. The number of aromatic nitrogens is 4.